The van der Waals surface area contributed by atoms with Gasteiger partial charge in [-0.3, -0.25) is 4.68 Å². The number of anilines is 2. The Balaban J connectivity index is 1.46. The third kappa shape index (κ3) is 6.88. The second-order valence-corrected chi connectivity index (χ2v) is 12.0. The van der Waals surface area contributed by atoms with Gasteiger partial charge in [-0.1, -0.05) is 33.1 Å². The lowest BCUT2D eigenvalue weighted by Crippen LogP contribution is -2.43. The van der Waals surface area contributed by atoms with Crippen molar-refractivity contribution in [3.63, 3.8) is 0 Å². The number of morpholine rings is 1. The number of benzene rings is 1. The van der Waals surface area contributed by atoms with E-state index in [0.29, 0.717) is 43.5 Å². The molecule has 2 fully saturated rings. The van der Waals surface area contributed by atoms with Crippen LogP contribution in [0.25, 0.3) is 11.3 Å². The molecule has 2 aliphatic heterocycles. The summed E-state index contributed by atoms with van der Waals surface area (Å²) in [6, 6.07) is 6.88. The summed E-state index contributed by atoms with van der Waals surface area (Å²) in [4.78, 5) is 14.0. The summed E-state index contributed by atoms with van der Waals surface area (Å²) >= 11 is 0. The van der Waals surface area contributed by atoms with Crippen molar-refractivity contribution in [2.75, 3.05) is 50.5 Å². The summed E-state index contributed by atoms with van der Waals surface area (Å²) in [5, 5.41) is 16.4. The average Bonchev–Trinajstić information content (AvgIpc) is 3.47. The average molecular weight is 578 g/mol. The summed E-state index contributed by atoms with van der Waals surface area (Å²) in [7, 11) is 2.15. The van der Waals surface area contributed by atoms with Gasteiger partial charge in [0.05, 0.1) is 49.1 Å². The Morgan fingerprint density at radius 2 is 1.93 bits per heavy atom. The van der Waals surface area contributed by atoms with Gasteiger partial charge in [0, 0.05) is 23.8 Å². The van der Waals surface area contributed by atoms with Crippen LogP contribution in [0.3, 0.4) is 0 Å². The highest BCUT2D eigenvalue weighted by atomic mass is 16.5. The zero-order valence-corrected chi connectivity index (χ0v) is 25.6. The molecule has 0 radical (unpaired) electrons. The number of nitrogens with two attached hydrogens (primary N) is 1. The second-order valence-electron chi connectivity index (χ2n) is 12.0. The van der Waals surface area contributed by atoms with Crippen molar-refractivity contribution < 1.29 is 14.6 Å². The maximum atomic E-state index is 11.9. The molecule has 10 heteroatoms. The largest absolute Gasteiger partial charge is 0.433 e. The smallest absolute Gasteiger partial charge is 0.263 e. The lowest BCUT2D eigenvalue weighted by atomic mass is 9.84. The molecule has 2 atom stereocenters. The van der Waals surface area contributed by atoms with Crippen LogP contribution in [0.5, 0.6) is 11.6 Å². The first-order chi connectivity index (χ1) is 20.3. The van der Waals surface area contributed by atoms with Gasteiger partial charge in [-0.15, -0.1) is 0 Å². The number of aromatic nitrogens is 4. The van der Waals surface area contributed by atoms with Gasteiger partial charge >= 0.3 is 0 Å². The van der Waals surface area contributed by atoms with Crippen LogP contribution in [-0.2, 0) is 10.3 Å². The number of ether oxygens (including phenoxy) is 2. The van der Waals surface area contributed by atoms with E-state index in [9.17, 15) is 5.11 Å². The van der Waals surface area contributed by atoms with Gasteiger partial charge in [0.25, 0.3) is 5.88 Å². The molecule has 5 rings (SSSR count). The molecule has 2 saturated heterocycles. The molecule has 0 amide bonds. The number of piperidine rings is 1. The van der Waals surface area contributed by atoms with Crippen molar-refractivity contribution in [1.29, 1.82) is 0 Å². The molecule has 4 heterocycles. The van der Waals surface area contributed by atoms with Gasteiger partial charge in [-0.25, -0.2) is 9.97 Å². The first kappa shape index (κ1) is 30.3. The first-order valence-corrected chi connectivity index (χ1v) is 15.6. The third-order valence-corrected chi connectivity index (χ3v) is 8.85. The topological polar surface area (TPSA) is 115 Å². The van der Waals surface area contributed by atoms with Gasteiger partial charge in [-0.05, 0) is 76.5 Å². The molecular formula is C32H47N7O3. The van der Waals surface area contributed by atoms with Crippen LogP contribution in [-0.4, -0.2) is 75.7 Å². The fraction of sp³-hybridized carbons (Fsp3) is 0.594. The van der Waals surface area contributed by atoms with Gasteiger partial charge in [0.2, 0.25) is 0 Å². The molecule has 1 unspecified atom stereocenters. The van der Waals surface area contributed by atoms with Crippen molar-refractivity contribution in [2.45, 2.75) is 83.4 Å². The van der Waals surface area contributed by atoms with Crippen LogP contribution in [0.2, 0.25) is 0 Å². The van der Waals surface area contributed by atoms with Gasteiger partial charge in [0.15, 0.2) is 11.6 Å². The van der Waals surface area contributed by atoms with Crippen molar-refractivity contribution in [3.8, 4) is 22.9 Å². The van der Waals surface area contributed by atoms with Crippen LogP contribution in [0.15, 0.2) is 36.8 Å². The highest BCUT2D eigenvalue weighted by Crippen LogP contribution is 2.38. The Morgan fingerprint density at radius 3 is 2.67 bits per heavy atom. The minimum absolute atomic E-state index is 0.216. The zero-order valence-electron chi connectivity index (χ0n) is 25.6. The number of likely N-dealkylation sites (tertiary alicyclic amines) is 1. The molecule has 1 aromatic carbocycles. The molecule has 228 valence electrons. The normalized spacial score (nSPS) is 20.0. The van der Waals surface area contributed by atoms with Crippen LogP contribution in [0, 0.1) is 0 Å². The Hall–Kier alpha value is -3.21. The summed E-state index contributed by atoms with van der Waals surface area (Å²) in [6.07, 6.45) is 11.9. The number of hydrogen-bond donors (Lipinski definition) is 2. The fourth-order valence-electron chi connectivity index (χ4n) is 6.04. The molecule has 2 aliphatic rings. The Labute approximate surface area is 249 Å². The third-order valence-electron chi connectivity index (χ3n) is 8.85. The van der Waals surface area contributed by atoms with Gasteiger partial charge < -0.3 is 30.1 Å². The van der Waals surface area contributed by atoms with E-state index in [4.69, 9.17) is 20.2 Å². The van der Waals surface area contributed by atoms with Crippen molar-refractivity contribution in [1.82, 2.24) is 24.6 Å². The van der Waals surface area contributed by atoms with Gasteiger partial charge in [0.1, 0.15) is 0 Å². The number of hydrogen-bond acceptors (Lipinski definition) is 9. The van der Waals surface area contributed by atoms with E-state index in [0.717, 1.165) is 68.6 Å². The minimum Gasteiger partial charge on any atom is -0.433 e. The maximum Gasteiger partial charge on any atom is 0.263 e. The maximum absolute atomic E-state index is 11.9. The van der Waals surface area contributed by atoms with Crippen LogP contribution >= 0.6 is 0 Å². The summed E-state index contributed by atoms with van der Waals surface area (Å²) in [5.74, 6) is 1.05. The molecule has 10 nitrogen and oxygen atoms in total. The Bertz CT molecular complexity index is 1320. The van der Waals surface area contributed by atoms with Gasteiger partial charge in [-0.2, -0.15) is 5.10 Å². The van der Waals surface area contributed by atoms with Crippen LogP contribution in [0.4, 0.5) is 11.5 Å². The first-order valence-electron chi connectivity index (χ1n) is 15.6. The van der Waals surface area contributed by atoms with Crippen LogP contribution < -0.4 is 15.4 Å². The molecular weight excluding hydrogens is 530 g/mol. The number of unbranched alkanes of at least 4 members (excludes halogenated alkanes) is 2. The van der Waals surface area contributed by atoms with E-state index < -0.39 is 5.60 Å². The van der Waals surface area contributed by atoms with Crippen molar-refractivity contribution in [2.24, 2.45) is 0 Å². The molecule has 0 aliphatic carbocycles. The minimum atomic E-state index is -0.932. The van der Waals surface area contributed by atoms with E-state index in [-0.39, 0.29) is 17.7 Å². The highest BCUT2D eigenvalue weighted by molar-refractivity contribution is 5.69. The van der Waals surface area contributed by atoms with Crippen molar-refractivity contribution in [3.05, 3.63) is 42.4 Å². The quantitative estimate of drug-likeness (QED) is 0.290. The zero-order chi connectivity index (χ0) is 29.7. The number of aliphatic hydroxyl groups is 1. The predicted octanol–water partition coefficient (Wildman–Crippen LogP) is 5.38. The van der Waals surface area contributed by atoms with E-state index in [2.05, 4.69) is 59.8 Å². The highest BCUT2D eigenvalue weighted by Gasteiger charge is 2.30. The fourth-order valence-corrected chi connectivity index (χ4v) is 6.04. The number of rotatable bonds is 11. The molecule has 2 aromatic heterocycles. The molecule has 42 heavy (non-hydrogen) atoms. The predicted molar refractivity (Wildman–Crippen MR) is 166 cm³/mol. The summed E-state index contributed by atoms with van der Waals surface area (Å²) in [6.45, 7) is 10.6. The number of nitrogen functional groups attached to an aromatic ring is 1. The molecule has 0 bridgehead atoms. The molecule has 3 N–H and O–H groups in total. The number of nitrogens with zero attached hydrogens (tertiary/aromatic N) is 6. The monoisotopic (exact) mass is 577 g/mol. The summed E-state index contributed by atoms with van der Waals surface area (Å²) in [5.41, 5.74) is 8.75. The Kier molecular flexibility index (Phi) is 9.65. The SMILES string of the molecule is CCCCC[C@](O)(CC)c1cc(-c2cnc(N)c(Oc3cnn(C4CCN(C)CC4)c3)n2)cc(N2CCOCC2C)c1. The molecule has 0 saturated carbocycles. The lowest BCUT2D eigenvalue weighted by Gasteiger charge is -2.37. The second kappa shape index (κ2) is 13.4. The van der Waals surface area contributed by atoms with E-state index in [1.165, 1.54) is 0 Å². The van der Waals surface area contributed by atoms with Crippen LogP contribution in [0.1, 0.15) is 77.3 Å². The van der Waals surface area contributed by atoms with E-state index >= 15 is 0 Å². The molecule has 0 spiro atoms. The lowest BCUT2D eigenvalue weighted by molar-refractivity contribution is 0.0208. The standard InChI is InChI=1S/C32H47N7O3/c1-5-7-8-11-32(40,6-2)25-16-24(17-27(18-25)38-14-15-41-22-23(38)3)29-20-34-30(33)31(36-29)42-28-19-35-39(21-28)26-9-12-37(4)13-10-26/h16-21,23,26,40H,5-15,22H2,1-4H3,(H2,33,34)/t23?,32-/m1/s1. The summed E-state index contributed by atoms with van der Waals surface area (Å²) < 4.78 is 13.8. The molecule has 3 aromatic rings. The Morgan fingerprint density at radius 1 is 1.12 bits per heavy atom. The van der Waals surface area contributed by atoms with E-state index in [1.807, 2.05) is 16.9 Å². The van der Waals surface area contributed by atoms with Crippen molar-refractivity contribution >= 4 is 11.5 Å². The van der Waals surface area contributed by atoms with E-state index in [1.54, 1.807) is 12.4 Å².